The number of hydrogen-bond acceptors (Lipinski definition) is 6. The van der Waals surface area contributed by atoms with Crippen molar-refractivity contribution in [2.75, 3.05) is 12.9 Å². The number of rotatable bonds is 12. The van der Waals surface area contributed by atoms with Gasteiger partial charge in [0, 0.05) is 20.2 Å². The molecule has 0 spiro atoms. The van der Waals surface area contributed by atoms with Crippen LogP contribution in [0.4, 0.5) is 0 Å². The molecule has 0 radical (unpaired) electrons. The number of fused-ring (bicyclic) bond motifs is 1. The number of hydrogen-bond donors (Lipinski definition) is 0. The maximum absolute atomic E-state index is 11.7. The zero-order valence-electron chi connectivity index (χ0n) is 23.6. The summed E-state index contributed by atoms with van der Waals surface area (Å²) in [5.41, 5.74) is 2.72. The topological polar surface area (TPSA) is 79.7 Å². The molecule has 0 saturated heterocycles. The molecule has 0 fully saturated rings. The quantitative estimate of drug-likeness (QED) is 0.172. The van der Waals surface area contributed by atoms with Crippen LogP contribution in [-0.4, -0.2) is 47.2 Å². The van der Waals surface area contributed by atoms with E-state index in [0.717, 1.165) is 28.9 Å². The molecule has 0 saturated carbocycles. The minimum Gasteiger partial charge on any atom is -0.410 e. The van der Waals surface area contributed by atoms with Gasteiger partial charge in [0.1, 0.15) is 19.2 Å². The normalized spacial score (nSPS) is 14.7. The fourth-order valence-corrected chi connectivity index (χ4v) is 5.91. The second-order valence-electron chi connectivity index (χ2n) is 12.5. The number of ether oxygens (including phenoxy) is 1. The molecule has 10 heteroatoms. The van der Waals surface area contributed by atoms with Gasteiger partial charge in [0.2, 0.25) is 0 Å². The summed E-state index contributed by atoms with van der Waals surface area (Å²) in [4.78, 5) is 4.88. The van der Waals surface area contributed by atoms with Gasteiger partial charge < -0.3 is 13.7 Å². The van der Waals surface area contributed by atoms with Crippen molar-refractivity contribution in [3.8, 4) is 0 Å². The first-order chi connectivity index (χ1) is 15.8. The molecule has 1 unspecified atom stereocenters. The van der Waals surface area contributed by atoms with E-state index in [-0.39, 0.29) is 23.7 Å². The van der Waals surface area contributed by atoms with E-state index in [4.69, 9.17) is 18.3 Å². The average molecular weight is 543 g/mol. The molecule has 1 atom stereocenters. The van der Waals surface area contributed by atoms with Crippen molar-refractivity contribution < 1.29 is 21.8 Å². The smallest absolute Gasteiger partial charge is 0.264 e. The fourth-order valence-electron chi connectivity index (χ4n) is 3.45. The van der Waals surface area contributed by atoms with Gasteiger partial charge in [0.25, 0.3) is 10.1 Å². The molecule has 1 aromatic heterocycles. The molecular weight excluding hydrogens is 497 g/mol. The van der Waals surface area contributed by atoms with E-state index in [1.165, 1.54) is 0 Å². The molecule has 200 valence electrons. The third-order valence-electron chi connectivity index (χ3n) is 6.65. The van der Waals surface area contributed by atoms with Crippen molar-refractivity contribution in [1.29, 1.82) is 0 Å². The highest BCUT2D eigenvalue weighted by Gasteiger charge is 2.40. The molecule has 0 N–H and O–H groups in total. The third-order valence-corrected chi connectivity index (χ3v) is 13.4. The molecule has 2 rings (SSSR count). The average Bonchev–Trinajstić information content (AvgIpc) is 3.03. The van der Waals surface area contributed by atoms with Crippen LogP contribution in [0, 0.1) is 5.92 Å². The summed E-state index contributed by atoms with van der Waals surface area (Å²) in [5, 5.41) is 0.0755. The number of imidazole rings is 1. The lowest BCUT2D eigenvalue weighted by Gasteiger charge is -2.40. The molecule has 0 aliphatic heterocycles. The zero-order valence-corrected chi connectivity index (χ0v) is 26.4. The summed E-state index contributed by atoms with van der Waals surface area (Å²) in [6, 6.07) is 7.14. The molecule has 7 nitrogen and oxygen atoms in total. The van der Waals surface area contributed by atoms with Gasteiger partial charge in [-0.25, -0.2) is 4.98 Å². The highest BCUT2D eigenvalue weighted by Crippen LogP contribution is 2.42. The van der Waals surface area contributed by atoms with Crippen molar-refractivity contribution >= 4 is 37.5 Å². The first-order valence-electron chi connectivity index (χ1n) is 12.4. The Morgan fingerprint density at radius 1 is 1.09 bits per heavy atom. The van der Waals surface area contributed by atoms with Gasteiger partial charge in [-0.05, 0) is 36.2 Å². The summed E-state index contributed by atoms with van der Waals surface area (Å²) >= 11 is 0. The Balaban J connectivity index is 2.53. The molecular formula is C25H46N2O5SSi2. The lowest BCUT2D eigenvalue weighted by molar-refractivity contribution is 0.0854. The minimum absolute atomic E-state index is 0.0755. The van der Waals surface area contributed by atoms with Crippen LogP contribution in [0.2, 0.25) is 43.8 Å². The van der Waals surface area contributed by atoms with Crippen LogP contribution in [0.1, 0.15) is 52.1 Å². The van der Waals surface area contributed by atoms with Gasteiger partial charge in [-0.1, -0.05) is 66.4 Å². The summed E-state index contributed by atoms with van der Waals surface area (Å²) in [6.45, 7) is 23.3. The Bertz CT molecular complexity index is 1100. The maximum Gasteiger partial charge on any atom is 0.264 e. The molecule has 0 aliphatic rings. The fraction of sp³-hybridized carbons (Fsp3) is 0.720. The van der Waals surface area contributed by atoms with Crippen molar-refractivity contribution in [2.45, 2.75) is 97.9 Å². The Labute approximate surface area is 214 Å². The van der Waals surface area contributed by atoms with Gasteiger partial charge in [0.15, 0.2) is 8.32 Å². The van der Waals surface area contributed by atoms with Crippen molar-refractivity contribution in [3.63, 3.8) is 0 Å². The Morgan fingerprint density at radius 3 is 2.23 bits per heavy atom. The molecule has 2 aromatic rings. The van der Waals surface area contributed by atoms with E-state index in [1.807, 2.05) is 16.7 Å². The van der Waals surface area contributed by atoms with E-state index in [9.17, 15) is 8.42 Å². The number of benzene rings is 1. The van der Waals surface area contributed by atoms with E-state index in [1.54, 1.807) is 0 Å². The molecule has 0 amide bonds. The standard InChI is InChI=1S/C25H46N2O5SSi2/c1-19(2)24(32-35(10,11)25(3,4)5)20-13-12-14-21-23(20)26-22(17-31-33(6,28)29)27(21)18-30-15-16-34(7,8)9/h12-14,19,24H,15-18H2,1-11H3. The summed E-state index contributed by atoms with van der Waals surface area (Å²) in [7, 11) is -6.89. The van der Waals surface area contributed by atoms with Crippen LogP contribution < -0.4 is 0 Å². The summed E-state index contributed by atoms with van der Waals surface area (Å²) in [6.07, 6.45) is 0.928. The predicted octanol–water partition coefficient (Wildman–Crippen LogP) is 6.54. The van der Waals surface area contributed by atoms with Gasteiger partial charge in [0.05, 0.1) is 23.4 Å². The zero-order chi connectivity index (χ0) is 26.8. The van der Waals surface area contributed by atoms with Gasteiger partial charge in [-0.15, -0.1) is 0 Å². The Kier molecular flexibility index (Phi) is 9.61. The van der Waals surface area contributed by atoms with Crippen LogP contribution in [-0.2, 0) is 36.8 Å². The second kappa shape index (κ2) is 11.1. The highest BCUT2D eigenvalue weighted by atomic mass is 32.2. The highest BCUT2D eigenvalue weighted by molar-refractivity contribution is 7.85. The Morgan fingerprint density at radius 2 is 1.71 bits per heavy atom. The molecule has 0 bridgehead atoms. The van der Waals surface area contributed by atoms with Gasteiger partial charge in [-0.2, -0.15) is 8.42 Å². The third kappa shape index (κ3) is 8.50. The monoisotopic (exact) mass is 542 g/mol. The Hall–Kier alpha value is -1.05. The number of nitrogens with zero attached hydrogens (tertiary/aromatic N) is 2. The lowest BCUT2D eigenvalue weighted by atomic mass is 9.98. The van der Waals surface area contributed by atoms with Crippen molar-refractivity contribution in [2.24, 2.45) is 5.92 Å². The van der Waals surface area contributed by atoms with E-state index < -0.39 is 26.5 Å². The first kappa shape index (κ1) is 30.2. The predicted molar refractivity (Wildman–Crippen MR) is 149 cm³/mol. The van der Waals surface area contributed by atoms with Gasteiger partial charge in [-0.3, -0.25) is 4.18 Å². The van der Waals surface area contributed by atoms with Crippen LogP contribution in [0.25, 0.3) is 11.0 Å². The van der Waals surface area contributed by atoms with Crippen LogP contribution in [0.5, 0.6) is 0 Å². The van der Waals surface area contributed by atoms with Crippen LogP contribution >= 0.6 is 0 Å². The molecule has 1 aromatic carbocycles. The molecule has 35 heavy (non-hydrogen) atoms. The van der Waals surface area contributed by atoms with E-state index >= 15 is 0 Å². The first-order valence-corrected chi connectivity index (χ1v) is 20.8. The van der Waals surface area contributed by atoms with Crippen molar-refractivity contribution in [1.82, 2.24) is 9.55 Å². The van der Waals surface area contributed by atoms with Crippen LogP contribution in [0.15, 0.2) is 18.2 Å². The largest absolute Gasteiger partial charge is 0.410 e. The SMILES string of the molecule is CC(C)C(O[Si](C)(C)C(C)(C)C)c1cccc2c1nc(COS(C)(=O)=O)n2COCC[Si](C)(C)C. The summed E-state index contributed by atoms with van der Waals surface area (Å²) < 4.78 is 43.4. The lowest BCUT2D eigenvalue weighted by Crippen LogP contribution is -2.42. The molecule has 1 heterocycles. The van der Waals surface area contributed by atoms with Crippen molar-refractivity contribution in [3.05, 3.63) is 29.6 Å². The number of aromatic nitrogens is 2. The van der Waals surface area contributed by atoms with E-state index in [2.05, 4.69) is 73.4 Å². The maximum atomic E-state index is 11.7. The number of para-hydroxylation sites is 1. The van der Waals surface area contributed by atoms with Gasteiger partial charge >= 0.3 is 0 Å². The molecule has 0 aliphatic carbocycles. The minimum atomic E-state index is -3.61. The van der Waals surface area contributed by atoms with Crippen LogP contribution in [0.3, 0.4) is 0 Å². The second-order valence-corrected chi connectivity index (χ2v) is 24.5. The summed E-state index contributed by atoms with van der Waals surface area (Å²) in [5.74, 6) is 0.768. The van der Waals surface area contributed by atoms with E-state index in [0.29, 0.717) is 19.2 Å².